The van der Waals surface area contributed by atoms with Crippen molar-refractivity contribution in [2.75, 3.05) is 0 Å². The van der Waals surface area contributed by atoms with E-state index >= 15 is 0 Å². The molecule has 8 aromatic carbocycles. The van der Waals surface area contributed by atoms with Gasteiger partial charge in [0.15, 0.2) is 11.6 Å². The Morgan fingerprint density at radius 1 is 0.321 bits per heavy atom. The molecule has 0 radical (unpaired) electrons. The lowest BCUT2D eigenvalue weighted by atomic mass is 9.89. The molecule has 2 heterocycles. The summed E-state index contributed by atoms with van der Waals surface area (Å²) in [6.07, 6.45) is 0. The minimum absolute atomic E-state index is 0.574. The molecule has 4 nitrogen and oxygen atoms in total. The Hall–Kier alpha value is -7.17. The number of rotatable bonds is 6. The van der Waals surface area contributed by atoms with Gasteiger partial charge in [-0.3, -0.25) is 4.57 Å². The third kappa shape index (κ3) is 5.36. The maximum absolute atomic E-state index is 5.34. The number of aromatic nitrogens is 4. The predicted octanol–water partition coefficient (Wildman–Crippen LogP) is 12.5. The Morgan fingerprint density at radius 3 is 1.55 bits per heavy atom. The van der Waals surface area contributed by atoms with E-state index in [2.05, 4.69) is 193 Å². The fraction of sp³-hybridized carbons (Fsp3) is 0. The highest BCUT2D eigenvalue weighted by atomic mass is 15.2. The van der Waals surface area contributed by atoms with Crippen LogP contribution in [0.1, 0.15) is 0 Å². The zero-order valence-electron chi connectivity index (χ0n) is 28.8. The van der Waals surface area contributed by atoms with Crippen molar-refractivity contribution in [3.63, 3.8) is 0 Å². The third-order valence-corrected chi connectivity index (χ3v) is 10.1. The fourth-order valence-electron chi connectivity index (χ4n) is 7.66. The van der Waals surface area contributed by atoms with E-state index in [1.807, 2.05) is 6.07 Å². The Balaban J connectivity index is 1.24. The lowest BCUT2D eigenvalue weighted by molar-refractivity contribution is 0.954. The average molecular weight is 677 g/mol. The zero-order valence-corrected chi connectivity index (χ0v) is 28.8. The molecule has 4 heteroatoms. The summed E-state index contributed by atoms with van der Waals surface area (Å²) in [5.74, 6) is 1.80. The summed E-state index contributed by atoms with van der Waals surface area (Å²) < 4.78 is 2.18. The van der Waals surface area contributed by atoms with E-state index in [0.717, 1.165) is 55.2 Å². The zero-order chi connectivity index (χ0) is 35.1. The predicted molar refractivity (Wildman–Crippen MR) is 219 cm³/mol. The Bertz CT molecular complexity index is 2890. The molecule has 53 heavy (non-hydrogen) atoms. The molecule has 0 saturated heterocycles. The monoisotopic (exact) mass is 676 g/mol. The van der Waals surface area contributed by atoms with E-state index in [0.29, 0.717) is 17.6 Å². The van der Waals surface area contributed by atoms with E-state index < -0.39 is 0 Å². The van der Waals surface area contributed by atoms with Gasteiger partial charge >= 0.3 is 0 Å². The highest BCUT2D eigenvalue weighted by molar-refractivity contribution is 6.10. The Labute approximate surface area is 307 Å². The van der Waals surface area contributed by atoms with E-state index in [-0.39, 0.29) is 0 Å². The van der Waals surface area contributed by atoms with Crippen molar-refractivity contribution in [3.8, 4) is 62.1 Å². The van der Waals surface area contributed by atoms with Gasteiger partial charge in [-0.25, -0.2) is 4.98 Å². The van der Waals surface area contributed by atoms with Crippen LogP contribution in [0.15, 0.2) is 194 Å². The smallest absolute Gasteiger partial charge is 0.238 e. The van der Waals surface area contributed by atoms with Crippen LogP contribution in [0, 0.1) is 0 Å². The second kappa shape index (κ2) is 12.9. The van der Waals surface area contributed by atoms with Crippen LogP contribution < -0.4 is 0 Å². The van der Waals surface area contributed by atoms with Crippen LogP contribution in [-0.4, -0.2) is 19.5 Å². The van der Waals surface area contributed by atoms with E-state index in [1.165, 1.54) is 21.9 Å². The maximum Gasteiger partial charge on any atom is 0.238 e. The third-order valence-electron chi connectivity index (χ3n) is 10.1. The van der Waals surface area contributed by atoms with Crippen LogP contribution in [0.4, 0.5) is 0 Å². The van der Waals surface area contributed by atoms with Crippen LogP contribution in [0.25, 0.3) is 94.7 Å². The Morgan fingerprint density at radius 2 is 0.830 bits per heavy atom. The van der Waals surface area contributed by atoms with E-state index in [9.17, 15) is 0 Å². The summed E-state index contributed by atoms with van der Waals surface area (Å²) in [7, 11) is 0. The minimum atomic E-state index is 0.574. The first-order valence-corrected chi connectivity index (χ1v) is 17.9. The van der Waals surface area contributed by atoms with Crippen LogP contribution in [0.5, 0.6) is 0 Å². The average Bonchev–Trinajstić information content (AvgIpc) is 3.58. The minimum Gasteiger partial charge on any atom is -0.278 e. The van der Waals surface area contributed by atoms with Crippen molar-refractivity contribution in [3.05, 3.63) is 194 Å². The molecule has 0 saturated carbocycles. The normalized spacial score (nSPS) is 11.4. The first-order chi connectivity index (χ1) is 26.3. The lowest BCUT2D eigenvalue weighted by Gasteiger charge is -2.16. The van der Waals surface area contributed by atoms with Gasteiger partial charge in [0.2, 0.25) is 5.95 Å². The van der Waals surface area contributed by atoms with E-state index in [4.69, 9.17) is 15.0 Å². The van der Waals surface area contributed by atoms with Crippen molar-refractivity contribution < 1.29 is 0 Å². The van der Waals surface area contributed by atoms with Gasteiger partial charge in [0, 0.05) is 21.9 Å². The second-order valence-electron chi connectivity index (χ2n) is 13.2. The van der Waals surface area contributed by atoms with Crippen molar-refractivity contribution in [2.24, 2.45) is 0 Å². The highest BCUT2D eigenvalue weighted by Crippen LogP contribution is 2.41. The van der Waals surface area contributed by atoms with Crippen molar-refractivity contribution in [2.45, 2.75) is 0 Å². The fourth-order valence-corrected chi connectivity index (χ4v) is 7.66. The van der Waals surface area contributed by atoms with Gasteiger partial charge in [-0.1, -0.05) is 176 Å². The van der Waals surface area contributed by atoms with Crippen molar-refractivity contribution in [1.82, 2.24) is 19.5 Å². The topological polar surface area (TPSA) is 43.6 Å². The molecule has 0 aliphatic rings. The molecule has 0 amide bonds. The van der Waals surface area contributed by atoms with E-state index in [1.54, 1.807) is 0 Å². The molecule has 0 spiro atoms. The molecule has 0 N–H and O–H groups in total. The molecular formula is C49H32N4. The maximum atomic E-state index is 5.34. The van der Waals surface area contributed by atoms with Crippen molar-refractivity contribution >= 4 is 32.6 Å². The molecule has 0 atom stereocenters. The quantitative estimate of drug-likeness (QED) is 0.176. The molecule has 0 fully saturated rings. The molecule has 2 aromatic heterocycles. The number of para-hydroxylation sites is 2. The summed E-state index contributed by atoms with van der Waals surface area (Å²) in [5.41, 5.74) is 10.8. The van der Waals surface area contributed by atoms with Crippen molar-refractivity contribution in [1.29, 1.82) is 0 Å². The van der Waals surface area contributed by atoms with Crippen LogP contribution in [0.2, 0.25) is 0 Å². The largest absolute Gasteiger partial charge is 0.278 e. The number of hydrogen-bond acceptors (Lipinski definition) is 3. The van der Waals surface area contributed by atoms with Gasteiger partial charge in [-0.05, 0) is 62.4 Å². The molecule has 248 valence electrons. The van der Waals surface area contributed by atoms with Gasteiger partial charge in [0.05, 0.1) is 11.0 Å². The lowest BCUT2D eigenvalue weighted by Crippen LogP contribution is -2.07. The van der Waals surface area contributed by atoms with Gasteiger partial charge in [0.1, 0.15) is 0 Å². The van der Waals surface area contributed by atoms with Gasteiger partial charge in [-0.15, -0.1) is 0 Å². The first-order valence-electron chi connectivity index (χ1n) is 17.9. The van der Waals surface area contributed by atoms with Crippen LogP contribution in [-0.2, 0) is 0 Å². The van der Waals surface area contributed by atoms with Crippen LogP contribution >= 0.6 is 0 Å². The number of benzene rings is 8. The number of fused-ring (bicyclic) bond motifs is 4. The molecule has 10 aromatic rings. The molecule has 0 unspecified atom stereocenters. The standard InChI is InChI=1S/C49H32N4/c1-3-16-33(17-4-1)36-22-13-23-37(32-36)47-50-48(52-49(51-47)53-44-30-11-9-25-40(44)41-26-10-12-31-45(41)53)43-27-8-7-24-39(43)42-29-15-21-35-20-14-28-38(46(35)42)34-18-5-2-6-19-34/h1-32H. The van der Waals surface area contributed by atoms with Gasteiger partial charge < -0.3 is 0 Å². The number of hydrogen-bond donors (Lipinski definition) is 0. The van der Waals surface area contributed by atoms with Crippen LogP contribution in [0.3, 0.4) is 0 Å². The van der Waals surface area contributed by atoms with Gasteiger partial charge in [-0.2, -0.15) is 9.97 Å². The summed E-state index contributed by atoms with van der Waals surface area (Å²) >= 11 is 0. The molecule has 0 aliphatic carbocycles. The number of nitrogens with zero attached hydrogens (tertiary/aromatic N) is 4. The molecule has 10 rings (SSSR count). The molecule has 0 bridgehead atoms. The molecule has 0 aliphatic heterocycles. The first kappa shape index (κ1) is 30.6. The summed E-state index contributed by atoms with van der Waals surface area (Å²) in [6, 6.07) is 68.0. The van der Waals surface area contributed by atoms with Gasteiger partial charge in [0.25, 0.3) is 0 Å². The summed E-state index contributed by atoms with van der Waals surface area (Å²) in [6.45, 7) is 0. The highest BCUT2D eigenvalue weighted by Gasteiger charge is 2.20. The second-order valence-corrected chi connectivity index (χ2v) is 13.2. The SMILES string of the molecule is c1ccc(-c2cccc(-c3nc(-c4ccccc4-c4cccc5cccc(-c6ccccc6)c45)nc(-n4c5ccccc5c5ccccc54)n3)c2)cc1. The molecular weight excluding hydrogens is 645 g/mol. The summed E-state index contributed by atoms with van der Waals surface area (Å²) in [5, 5.41) is 4.68. The summed E-state index contributed by atoms with van der Waals surface area (Å²) in [4.78, 5) is 15.9. The Kier molecular flexibility index (Phi) is 7.43.